The number of nitrogens with one attached hydrogen (secondary N) is 2. The number of benzene rings is 1. The Labute approximate surface area is 164 Å². The Bertz CT molecular complexity index is 956. The van der Waals surface area contributed by atoms with Crippen molar-refractivity contribution in [3.63, 3.8) is 0 Å². The van der Waals surface area contributed by atoms with Crippen LogP contribution in [0.1, 0.15) is 24.2 Å². The van der Waals surface area contributed by atoms with Crippen LogP contribution in [0.5, 0.6) is 0 Å². The van der Waals surface area contributed by atoms with Crippen molar-refractivity contribution in [2.45, 2.75) is 32.4 Å². The summed E-state index contributed by atoms with van der Waals surface area (Å²) in [5, 5.41) is 3.14. The first kappa shape index (κ1) is 18.2. The summed E-state index contributed by atoms with van der Waals surface area (Å²) in [6.07, 6.45) is 7.09. The number of amides is 2. The van der Waals surface area contributed by atoms with Crippen LogP contribution in [0.3, 0.4) is 0 Å². The highest BCUT2D eigenvalue weighted by molar-refractivity contribution is 5.76. The number of hydrogen-bond donors (Lipinski definition) is 2. The smallest absolute Gasteiger partial charge is 0.317 e. The average molecular weight is 379 g/mol. The van der Waals surface area contributed by atoms with Crippen LogP contribution in [0.4, 0.5) is 10.6 Å². The Morgan fingerprint density at radius 1 is 1.39 bits per heavy atom. The average Bonchev–Trinajstić information content (AvgIpc) is 3.10. The van der Waals surface area contributed by atoms with Crippen molar-refractivity contribution in [1.82, 2.24) is 30.2 Å². The highest BCUT2D eigenvalue weighted by atomic mass is 16.2. The zero-order valence-electron chi connectivity index (χ0n) is 16.2. The first-order chi connectivity index (χ1) is 13.6. The molecule has 1 atom stereocenters. The molecule has 0 spiro atoms. The van der Waals surface area contributed by atoms with Gasteiger partial charge in [0.1, 0.15) is 11.6 Å². The second-order valence-electron chi connectivity index (χ2n) is 7.36. The van der Waals surface area contributed by atoms with E-state index in [9.17, 15) is 4.79 Å². The van der Waals surface area contributed by atoms with Gasteiger partial charge in [0, 0.05) is 38.6 Å². The highest BCUT2D eigenvalue weighted by Gasteiger charge is 2.23. The number of aromatic amines is 1. The van der Waals surface area contributed by atoms with Crippen molar-refractivity contribution >= 4 is 22.9 Å². The van der Waals surface area contributed by atoms with Crippen molar-refractivity contribution < 1.29 is 4.79 Å². The molecule has 0 radical (unpaired) electrons. The standard InChI is InChI=1S/C20H25N7O/c1-14-5-6-16-17(10-14)25-18(24-16)13-26(2)20(28)23-15-4-3-9-27(12-15)19-11-21-7-8-22-19/h5-8,10-11,15H,3-4,9,12-13H2,1-2H3,(H,23,28)(H,24,25)/t15-/m1/s1. The predicted molar refractivity (Wildman–Crippen MR) is 108 cm³/mol. The number of aryl methyl sites for hydroxylation is 1. The Balaban J connectivity index is 1.35. The van der Waals surface area contributed by atoms with Gasteiger partial charge in [-0.1, -0.05) is 6.07 Å². The van der Waals surface area contributed by atoms with E-state index in [1.54, 1.807) is 30.5 Å². The fourth-order valence-corrected chi connectivity index (χ4v) is 3.59. The minimum absolute atomic E-state index is 0.0871. The Kier molecular flexibility index (Phi) is 5.10. The third kappa shape index (κ3) is 4.05. The Hall–Kier alpha value is -3.16. The molecule has 8 heteroatoms. The monoisotopic (exact) mass is 379 g/mol. The zero-order chi connectivity index (χ0) is 19.5. The summed E-state index contributed by atoms with van der Waals surface area (Å²) in [4.78, 5) is 32.9. The summed E-state index contributed by atoms with van der Waals surface area (Å²) < 4.78 is 0. The third-order valence-corrected chi connectivity index (χ3v) is 5.04. The molecule has 3 aromatic rings. The van der Waals surface area contributed by atoms with E-state index in [1.807, 2.05) is 19.1 Å². The molecule has 0 unspecified atom stereocenters. The molecule has 1 fully saturated rings. The van der Waals surface area contributed by atoms with Gasteiger partial charge in [-0.25, -0.2) is 14.8 Å². The fourth-order valence-electron chi connectivity index (χ4n) is 3.59. The van der Waals surface area contributed by atoms with E-state index in [-0.39, 0.29) is 12.1 Å². The molecule has 2 amide bonds. The van der Waals surface area contributed by atoms with E-state index in [4.69, 9.17) is 0 Å². The lowest BCUT2D eigenvalue weighted by atomic mass is 10.1. The van der Waals surface area contributed by atoms with Crippen molar-refractivity contribution in [3.8, 4) is 0 Å². The van der Waals surface area contributed by atoms with Gasteiger partial charge in [0.25, 0.3) is 0 Å². The van der Waals surface area contributed by atoms with Gasteiger partial charge in [0.05, 0.1) is 23.8 Å². The fraction of sp³-hybridized carbons (Fsp3) is 0.400. The van der Waals surface area contributed by atoms with E-state index in [0.29, 0.717) is 6.54 Å². The van der Waals surface area contributed by atoms with Crippen LogP contribution in [-0.4, -0.2) is 57.0 Å². The van der Waals surface area contributed by atoms with Gasteiger partial charge in [-0.15, -0.1) is 0 Å². The van der Waals surface area contributed by atoms with Crippen molar-refractivity contribution in [1.29, 1.82) is 0 Å². The second-order valence-corrected chi connectivity index (χ2v) is 7.36. The number of rotatable bonds is 4. The molecular weight excluding hydrogens is 354 g/mol. The number of hydrogen-bond acceptors (Lipinski definition) is 5. The number of H-pyrrole nitrogens is 1. The summed E-state index contributed by atoms with van der Waals surface area (Å²) in [5.74, 6) is 1.63. The molecule has 4 rings (SSSR count). The van der Waals surface area contributed by atoms with E-state index in [1.165, 1.54) is 5.56 Å². The molecule has 0 aliphatic carbocycles. The first-order valence-corrected chi connectivity index (χ1v) is 9.56. The molecule has 146 valence electrons. The summed E-state index contributed by atoms with van der Waals surface area (Å²) >= 11 is 0. The molecule has 0 bridgehead atoms. The van der Waals surface area contributed by atoms with Crippen LogP contribution in [0.25, 0.3) is 11.0 Å². The number of imidazole rings is 1. The highest BCUT2D eigenvalue weighted by Crippen LogP contribution is 2.17. The number of nitrogens with zero attached hydrogens (tertiary/aromatic N) is 5. The van der Waals surface area contributed by atoms with Crippen LogP contribution in [0, 0.1) is 6.92 Å². The molecule has 2 aromatic heterocycles. The van der Waals surface area contributed by atoms with Crippen LogP contribution >= 0.6 is 0 Å². The summed E-state index contributed by atoms with van der Waals surface area (Å²) in [7, 11) is 1.79. The van der Waals surface area contributed by atoms with E-state index in [0.717, 1.165) is 48.6 Å². The molecule has 3 heterocycles. The SMILES string of the molecule is Cc1ccc2nc(CN(C)C(=O)N[C@@H]3CCCN(c4cnccn4)C3)[nH]c2c1. The summed E-state index contributed by atoms with van der Waals surface area (Å²) in [6.45, 7) is 4.15. The first-order valence-electron chi connectivity index (χ1n) is 9.56. The Morgan fingerprint density at radius 3 is 3.11 bits per heavy atom. The van der Waals surface area contributed by atoms with Gasteiger partial charge in [0.15, 0.2) is 0 Å². The minimum Gasteiger partial charge on any atom is -0.353 e. The largest absolute Gasteiger partial charge is 0.353 e. The maximum absolute atomic E-state index is 12.7. The molecule has 1 aromatic carbocycles. The third-order valence-electron chi connectivity index (χ3n) is 5.04. The maximum Gasteiger partial charge on any atom is 0.317 e. The van der Waals surface area contributed by atoms with E-state index >= 15 is 0 Å². The Morgan fingerprint density at radius 2 is 2.29 bits per heavy atom. The van der Waals surface area contributed by atoms with Gasteiger partial charge < -0.3 is 20.1 Å². The van der Waals surface area contributed by atoms with Crippen LogP contribution in [0.2, 0.25) is 0 Å². The number of urea groups is 1. The number of carbonyl (C=O) groups is 1. The topological polar surface area (TPSA) is 90.0 Å². The lowest BCUT2D eigenvalue weighted by Gasteiger charge is -2.34. The van der Waals surface area contributed by atoms with E-state index in [2.05, 4.69) is 36.2 Å². The van der Waals surface area contributed by atoms with Crippen molar-refractivity contribution in [3.05, 3.63) is 48.2 Å². The molecule has 2 N–H and O–H groups in total. The maximum atomic E-state index is 12.7. The number of piperidine rings is 1. The van der Waals surface area contributed by atoms with Crippen LogP contribution < -0.4 is 10.2 Å². The molecule has 1 aliphatic heterocycles. The normalized spacial score (nSPS) is 16.9. The van der Waals surface area contributed by atoms with Crippen LogP contribution in [0.15, 0.2) is 36.8 Å². The molecule has 1 aliphatic rings. The lowest BCUT2D eigenvalue weighted by Crippen LogP contribution is -2.51. The minimum atomic E-state index is -0.0948. The number of carbonyl (C=O) groups excluding carboxylic acids is 1. The van der Waals surface area contributed by atoms with Crippen molar-refractivity contribution in [2.75, 3.05) is 25.0 Å². The molecular formula is C20H25N7O. The summed E-state index contributed by atoms with van der Waals surface area (Å²) in [6, 6.07) is 6.09. The zero-order valence-corrected chi connectivity index (χ0v) is 16.2. The second kappa shape index (κ2) is 7.84. The van der Waals surface area contributed by atoms with Gasteiger partial charge in [0.2, 0.25) is 0 Å². The quantitative estimate of drug-likeness (QED) is 0.727. The number of fused-ring (bicyclic) bond motifs is 1. The van der Waals surface area contributed by atoms with Gasteiger partial charge in [-0.2, -0.15) is 0 Å². The van der Waals surface area contributed by atoms with Crippen molar-refractivity contribution in [2.24, 2.45) is 0 Å². The number of aromatic nitrogens is 4. The summed E-state index contributed by atoms with van der Waals surface area (Å²) in [5.41, 5.74) is 3.09. The molecule has 1 saturated heterocycles. The molecule has 28 heavy (non-hydrogen) atoms. The van der Waals surface area contributed by atoms with Crippen LogP contribution in [-0.2, 0) is 6.54 Å². The molecule has 8 nitrogen and oxygen atoms in total. The molecule has 0 saturated carbocycles. The van der Waals surface area contributed by atoms with E-state index < -0.39 is 0 Å². The predicted octanol–water partition coefficient (Wildman–Crippen LogP) is 2.47. The van der Waals surface area contributed by atoms with Gasteiger partial charge in [-0.3, -0.25) is 4.98 Å². The lowest BCUT2D eigenvalue weighted by molar-refractivity contribution is 0.200. The van der Waals surface area contributed by atoms with Gasteiger partial charge in [-0.05, 0) is 37.5 Å². The number of anilines is 1. The van der Waals surface area contributed by atoms with Gasteiger partial charge >= 0.3 is 6.03 Å².